The Morgan fingerprint density at radius 2 is 2.07 bits per heavy atom. The zero-order chi connectivity index (χ0) is 19.8. The van der Waals surface area contributed by atoms with Crippen molar-refractivity contribution in [3.05, 3.63) is 60.7 Å². The number of pyridine rings is 1. The van der Waals surface area contributed by atoms with E-state index in [1.54, 1.807) is 6.20 Å². The first-order valence-electron chi connectivity index (χ1n) is 9.53. The van der Waals surface area contributed by atoms with Crippen molar-refractivity contribution in [1.82, 2.24) is 29.6 Å². The van der Waals surface area contributed by atoms with Crippen molar-refractivity contribution >= 4 is 16.9 Å². The van der Waals surface area contributed by atoms with Crippen LogP contribution in [0, 0.1) is 0 Å². The molecule has 1 aliphatic rings. The first-order chi connectivity index (χ1) is 14.2. The highest BCUT2D eigenvalue weighted by molar-refractivity contribution is 5.97. The van der Waals surface area contributed by atoms with Crippen LogP contribution in [0.5, 0.6) is 0 Å². The van der Waals surface area contributed by atoms with E-state index in [-0.39, 0.29) is 12.0 Å². The number of hydrogen-bond donors (Lipinski definition) is 1. The summed E-state index contributed by atoms with van der Waals surface area (Å²) in [6.07, 6.45) is 5.17. The topological polar surface area (TPSA) is 88.9 Å². The number of fused-ring (bicyclic) bond motifs is 1. The normalized spacial score (nSPS) is 17.0. The number of nitrogens with zero attached hydrogens (tertiary/aromatic N) is 5. The molecule has 1 atom stereocenters. The molecule has 1 aliphatic heterocycles. The molecule has 8 nitrogen and oxygen atoms in total. The molecule has 5 rings (SSSR count). The first-order valence-corrected chi connectivity index (χ1v) is 9.53. The van der Waals surface area contributed by atoms with Crippen LogP contribution < -0.4 is 0 Å². The van der Waals surface area contributed by atoms with Gasteiger partial charge in [-0.15, -0.1) is 0 Å². The smallest absolute Gasteiger partial charge is 0.255 e. The van der Waals surface area contributed by atoms with E-state index in [4.69, 9.17) is 4.74 Å². The number of carbonyl (C=O) groups excluding carboxylic acids is 1. The second-order valence-electron chi connectivity index (χ2n) is 7.14. The van der Waals surface area contributed by atoms with Crippen molar-refractivity contribution < 1.29 is 9.53 Å². The molecule has 29 heavy (non-hydrogen) atoms. The predicted octanol–water partition coefficient (Wildman–Crippen LogP) is 2.67. The average molecular weight is 388 g/mol. The van der Waals surface area contributed by atoms with E-state index in [0.29, 0.717) is 25.3 Å². The predicted molar refractivity (Wildman–Crippen MR) is 108 cm³/mol. The number of H-pyrrole nitrogens is 1. The summed E-state index contributed by atoms with van der Waals surface area (Å²) in [6.45, 7) is 3.77. The number of hydrogen-bond acceptors (Lipinski definition) is 5. The third-order valence-corrected chi connectivity index (χ3v) is 5.14. The molecular weight excluding hydrogens is 368 g/mol. The number of amides is 1. The average Bonchev–Trinajstić information content (AvgIpc) is 3.43. The Balaban J connectivity index is 1.43. The molecule has 0 radical (unpaired) electrons. The molecule has 0 unspecified atom stereocenters. The Labute approximate surface area is 167 Å². The minimum Gasteiger partial charge on any atom is -0.375 e. The van der Waals surface area contributed by atoms with E-state index in [1.807, 2.05) is 59.0 Å². The van der Waals surface area contributed by atoms with Crippen LogP contribution in [0.15, 0.2) is 55.1 Å². The van der Waals surface area contributed by atoms with Gasteiger partial charge in [-0.1, -0.05) is 0 Å². The van der Waals surface area contributed by atoms with Crippen LogP contribution in [0.3, 0.4) is 0 Å². The van der Waals surface area contributed by atoms with Gasteiger partial charge in [0.25, 0.3) is 5.91 Å². The lowest BCUT2D eigenvalue weighted by atomic mass is 10.2. The molecule has 4 aromatic rings. The number of rotatable bonds is 3. The Kier molecular flexibility index (Phi) is 4.33. The quantitative estimate of drug-likeness (QED) is 0.583. The van der Waals surface area contributed by atoms with Gasteiger partial charge in [0, 0.05) is 42.1 Å². The van der Waals surface area contributed by atoms with Crippen molar-refractivity contribution in [2.24, 2.45) is 0 Å². The van der Waals surface area contributed by atoms with E-state index in [9.17, 15) is 4.79 Å². The highest BCUT2D eigenvalue weighted by Gasteiger charge is 2.23. The Bertz CT molecular complexity index is 1150. The zero-order valence-electron chi connectivity index (χ0n) is 15.9. The minimum atomic E-state index is -0.00119. The van der Waals surface area contributed by atoms with Gasteiger partial charge in [-0.3, -0.25) is 9.89 Å². The fraction of sp³-hybridized carbons (Fsp3) is 0.238. The molecule has 0 saturated carbocycles. The van der Waals surface area contributed by atoms with Crippen LogP contribution in [0.4, 0.5) is 0 Å². The second kappa shape index (κ2) is 7.14. The maximum absolute atomic E-state index is 12.8. The second-order valence-corrected chi connectivity index (χ2v) is 7.14. The molecular formula is C21H20N6O2. The molecule has 8 heteroatoms. The Morgan fingerprint density at radius 1 is 1.21 bits per heavy atom. The molecule has 1 fully saturated rings. The Hall–Kier alpha value is -3.52. The number of aromatic nitrogens is 5. The lowest BCUT2D eigenvalue weighted by Crippen LogP contribution is -2.44. The third kappa shape index (κ3) is 3.27. The summed E-state index contributed by atoms with van der Waals surface area (Å²) in [5.41, 5.74) is 3.36. The molecule has 1 aromatic carbocycles. The zero-order valence-corrected chi connectivity index (χ0v) is 15.9. The van der Waals surface area contributed by atoms with Gasteiger partial charge in [0.1, 0.15) is 12.0 Å². The van der Waals surface area contributed by atoms with Gasteiger partial charge >= 0.3 is 0 Å². The summed E-state index contributed by atoms with van der Waals surface area (Å²) in [6, 6.07) is 11.9. The molecule has 146 valence electrons. The molecule has 0 aliphatic carbocycles. The molecule has 1 N–H and O–H groups in total. The van der Waals surface area contributed by atoms with Crippen LogP contribution in [0.2, 0.25) is 0 Å². The largest absolute Gasteiger partial charge is 0.375 e. The molecule has 4 heterocycles. The summed E-state index contributed by atoms with van der Waals surface area (Å²) in [5.74, 6) is 0.728. The van der Waals surface area contributed by atoms with Gasteiger partial charge in [-0.25, -0.2) is 9.97 Å². The highest BCUT2D eigenvalue weighted by atomic mass is 16.5. The van der Waals surface area contributed by atoms with E-state index >= 15 is 0 Å². The van der Waals surface area contributed by atoms with Crippen molar-refractivity contribution in [2.75, 3.05) is 19.7 Å². The highest BCUT2D eigenvalue weighted by Crippen LogP contribution is 2.23. The Morgan fingerprint density at radius 3 is 2.83 bits per heavy atom. The standard InChI is InChI=1S/C21H20N6O2/c1-14-12-26(8-9-29-14)21(28)17-10-16-6-7-27(20(16)22-11-17)18-4-2-15(3-5-18)19-23-13-24-25-19/h2-7,10-11,13-14H,8-9,12H2,1H3,(H,23,24,25)/t14-/m1/s1. The number of morpholine rings is 1. The summed E-state index contributed by atoms with van der Waals surface area (Å²) in [4.78, 5) is 23.4. The lowest BCUT2D eigenvalue weighted by molar-refractivity contribution is -0.0124. The first kappa shape index (κ1) is 17.6. The van der Waals surface area contributed by atoms with E-state index in [1.165, 1.54) is 6.33 Å². The third-order valence-electron chi connectivity index (χ3n) is 5.14. The molecule has 1 amide bonds. The molecule has 0 bridgehead atoms. The van der Waals surface area contributed by atoms with Gasteiger partial charge < -0.3 is 14.2 Å². The summed E-state index contributed by atoms with van der Waals surface area (Å²) < 4.78 is 7.53. The van der Waals surface area contributed by atoms with Crippen LogP contribution >= 0.6 is 0 Å². The summed E-state index contributed by atoms with van der Waals surface area (Å²) in [7, 11) is 0. The van der Waals surface area contributed by atoms with Crippen molar-refractivity contribution in [3.63, 3.8) is 0 Å². The van der Waals surface area contributed by atoms with E-state index in [0.717, 1.165) is 28.1 Å². The number of benzene rings is 1. The van der Waals surface area contributed by atoms with E-state index < -0.39 is 0 Å². The van der Waals surface area contributed by atoms with Gasteiger partial charge in [-0.05, 0) is 43.3 Å². The molecule has 0 spiro atoms. The van der Waals surface area contributed by atoms with Crippen LogP contribution in [0.1, 0.15) is 17.3 Å². The monoisotopic (exact) mass is 388 g/mol. The fourth-order valence-electron chi connectivity index (χ4n) is 3.66. The van der Waals surface area contributed by atoms with Gasteiger partial charge in [-0.2, -0.15) is 5.10 Å². The molecule has 1 saturated heterocycles. The van der Waals surface area contributed by atoms with Crippen molar-refractivity contribution in [2.45, 2.75) is 13.0 Å². The van der Waals surface area contributed by atoms with Crippen LogP contribution in [0.25, 0.3) is 28.1 Å². The van der Waals surface area contributed by atoms with Gasteiger partial charge in [0.15, 0.2) is 5.82 Å². The van der Waals surface area contributed by atoms with Crippen molar-refractivity contribution in [1.29, 1.82) is 0 Å². The van der Waals surface area contributed by atoms with Crippen molar-refractivity contribution in [3.8, 4) is 17.1 Å². The number of ether oxygens (including phenoxy) is 1. The maximum Gasteiger partial charge on any atom is 0.255 e. The number of carbonyl (C=O) groups is 1. The summed E-state index contributed by atoms with van der Waals surface area (Å²) in [5, 5.41) is 7.67. The van der Waals surface area contributed by atoms with Gasteiger partial charge in [0.05, 0.1) is 18.3 Å². The van der Waals surface area contributed by atoms with E-state index in [2.05, 4.69) is 20.2 Å². The number of nitrogens with one attached hydrogen (secondary N) is 1. The lowest BCUT2D eigenvalue weighted by Gasteiger charge is -2.31. The van der Waals surface area contributed by atoms with Crippen LogP contribution in [-0.2, 0) is 4.74 Å². The number of aromatic amines is 1. The SMILES string of the molecule is C[C@@H]1CN(C(=O)c2cnc3c(ccn3-c3ccc(-c4ncn[nH]4)cc3)c2)CCO1. The molecule has 3 aromatic heterocycles. The fourth-order valence-corrected chi connectivity index (χ4v) is 3.66. The minimum absolute atomic E-state index is 0.00119. The maximum atomic E-state index is 12.8. The van der Waals surface area contributed by atoms with Gasteiger partial charge in [0.2, 0.25) is 0 Å². The summed E-state index contributed by atoms with van der Waals surface area (Å²) >= 11 is 0. The van der Waals surface area contributed by atoms with Crippen LogP contribution in [-0.4, -0.2) is 61.3 Å².